The molecular weight excluding hydrogens is 673 g/mol. The molecule has 2 saturated heterocycles. The Kier molecular flexibility index (Phi) is 10.9. The number of amides is 5. The van der Waals surface area contributed by atoms with Crippen LogP contribution in [0.25, 0.3) is 0 Å². The van der Waals surface area contributed by atoms with Crippen molar-refractivity contribution < 1.29 is 32.4 Å². The van der Waals surface area contributed by atoms with Crippen molar-refractivity contribution in [2.75, 3.05) is 25.4 Å². The number of Topliss-reactive ketones (excluding diaryl/α,β-unsaturated/α-hetero) is 1. The van der Waals surface area contributed by atoms with Gasteiger partial charge in [-0.25, -0.2) is 17.5 Å². The predicted octanol–water partition coefficient (Wildman–Crippen LogP) is 2.98. The van der Waals surface area contributed by atoms with E-state index in [1.165, 1.54) is 4.31 Å². The van der Waals surface area contributed by atoms with E-state index in [0.29, 0.717) is 45.3 Å². The summed E-state index contributed by atoms with van der Waals surface area (Å²) >= 11 is 0. The minimum atomic E-state index is -3.55. The van der Waals surface area contributed by atoms with Gasteiger partial charge in [-0.1, -0.05) is 72.6 Å². The first-order valence-corrected chi connectivity index (χ1v) is 21.2. The minimum absolute atomic E-state index is 0.0103. The maximum atomic E-state index is 14.9. The summed E-state index contributed by atoms with van der Waals surface area (Å²) in [5, 5.41) is 11.8. The topological polar surface area (TPSA) is 174 Å². The molecule has 2 aliphatic heterocycles. The number of sulfonamides is 1. The summed E-state index contributed by atoms with van der Waals surface area (Å²) in [7, 11) is -3.55. The molecule has 0 bridgehead atoms. The van der Waals surface area contributed by atoms with Gasteiger partial charge in [0, 0.05) is 25.7 Å². The van der Waals surface area contributed by atoms with Crippen LogP contribution >= 0.6 is 0 Å². The Morgan fingerprint density at radius 1 is 0.843 bits per heavy atom. The van der Waals surface area contributed by atoms with Gasteiger partial charge in [-0.05, 0) is 74.0 Å². The molecule has 14 heteroatoms. The van der Waals surface area contributed by atoms with Crippen LogP contribution in [0.3, 0.4) is 0 Å². The molecule has 0 aromatic rings. The second kappa shape index (κ2) is 14.6. The number of hydrogen-bond donors (Lipinski definition) is 4. The quantitative estimate of drug-likeness (QED) is 0.199. The molecule has 4 saturated carbocycles. The van der Waals surface area contributed by atoms with Crippen LogP contribution in [-0.4, -0.2) is 102 Å². The molecule has 0 spiro atoms. The van der Waals surface area contributed by atoms with Gasteiger partial charge in [-0.3, -0.25) is 19.2 Å². The maximum absolute atomic E-state index is 14.9. The normalized spacial score (nSPS) is 29.0. The first-order chi connectivity index (χ1) is 24.1. The molecule has 0 unspecified atom stereocenters. The number of nitrogens with one attached hydrogen (secondary N) is 4. The number of fused-ring (bicyclic) bond motifs is 1. The van der Waals surface area contributed by atoms with Crippen molar-refractivity contribution >= 4 is 39.6 Å². The van der Waals surface area contributed by atoms with E-state index < -0.39 is 62.7 Å². The number of ketones is 1. The number of carbonyl (C=O) groups excluding carboxylic acids is 5. The van der Waals surface area contributed by atoms with Crippen LogP contribution in [0, 0.1) is 22.7 Å². The fourth-order valence-electron chi connectivity index (χ4n) is 9.57. The van der Waals surface area contributed by atoms with E-state index in [2.05, 4.69) is 35.1 Å². The summed E-state index contributed by atoms with van der Waals surface area (Å²) < 4.78 is 28.1. The van der Waals surface area contributed by atoms with E-state index in [0.717, 1.165) is 70.6 Å². The van der Waals surface area contributed by atoms with Crippen LogP contribution in [0.5, 0.6) is 0 Å². The van der Waals surface area contributed by atoms with Gasteiger partial charge in [0.1, 0.15) is 12.1 Å². The van der Waals surface area contributed by atoms with Crippen LogP contribution in [0.4, 0.5) is 4.79 Å². The number of piperidine rings is 1. The Labute approximate surface area is 303 Å². The SMILES string of the molecule is CCC[C@H](NC(=O)[C@@H]1[C@@H]2[C@H](CN1C(=O)[C@@H](NC(=O)NC1(CS(=O)(=O)N3CCC3)CCCCC1)C1(C)CCCCC1)C2(C)C)C(=O)C(=O)NC1CC1. The van der Waals surface area contributed by atoms with Gasteiger partial charge in [0.05, 0.1) is 17.3 Å². The Hall–Kier alpha value is -2.74. The predicted molar refractivity (Wildman–Crippen MR) is 192 cm³/mol. The standard InChI is InChI=1S/C37H60N6O7S/c1-5-13-26(29(44)32(46)38-24-14-15-24)39-31(45)28-27-25(35(27,2)3)22-43(28)33(47)30(36(4)16-8-6-9-17-36)40-34(48)41-37(18-10-7-11-19-37)23-51(49,50)42-20-12-21-42/h24-28,30H,5-23H2,1-4H3,(H,38,46)(H,39,45)(H2,40,41,48)/t25-,26-,27-,28-,30+/m0/s1. The van der Waals surface area contributed by atoms with Crippen molar-refractivity contribution in [3.63, 3.8) is 0 Å². The largest absolute Gasteiger partial charge is 0.347 e. The van der Waals surface area contributed by atoms with Crippen LogP contribution in [0.1, 0.15) is 124 Å². The van der Waals surface area contributed by atoms with Crippen molar-refractivity contribution in [2.45, 2.75) is 154 Å². The zero-order valence-corrected chi connectivity index (χ0v) is 31.9. The van der Waals surface area contributed by atoms with Gasteiger partial charge >= 0.3 is 6.03 Å². The summed E-state index contributed by atoms with van der Waals surface area (Å²) in [4.78, 5) is 70.6. The van der Waals surface area contributed by atoms with Gasteiger partial charge in [0.25, 0.3) is 5.91 Å². The van der Waals surface area contributed by atoms with Crippen LogP contribution in [0.2, 0.25) is 0 Å². The molecule has 286 valence electrons. The summed E-state index contributed by atoms with van der Waals surface area (Å²) in [6.45, 7) is 9.47. The van der Waals surface area contributed by atoms with E-state index in [9.17, 15) is 32.4 Å². The average Bonchev–Trinajstić information content (AvgIpc) is 3.89. The molecule has 5 amide bonds. The number of hydrogen-bond acceptors (Lipinski definition) is 7. The number of urea groups is 1. The number of likely N-dealkylation sites (tertiary alicyclic amines) is 1. The lowest BCUT2D eigenvalue weighted by atomic mass is 9.70. The van der Waals surface area contributed by atoms with Crippen molar-refractivity contribution in [1.82, 2.24) is 30.5 Å². The second-order valence-corrected chi connectivity index (χ2v) is 19.4. The molecule has 13 nitrogen and oxygen atoms in total. The first-order valence-electron chi connectivity index (χ1n) is 19.6. The van der Waals surface area contributed by atoms with Gasteiger partial charge < -0.3 is 26.2 Å². The fraction of sp³-hybridized carbons (Fsp3) is 0.865. The molecule has 6 rings (SSSR count). The fourth-order valence-corrected chi connectivity index (χ4v) is 11.6. The van der Waals surface area contributed by atoms with Gasteiger partial charge in [0.15, 0.2) is 0 Å². The minimum Gasteiger partial charge on any atom is -0.347 e. The smallest absolute Gasteiger partial charge is 0.315 e. The van der Waals surface area contributed by atoms with Crippen molar-refractivity contribution in [1.29, 1.82) is 0 Å². The van der Waals surface area contributed by atoms with Crippen molar-refractivity contribution in [2.24, 2.45) is 22.7 Å². The van der Waals surface area contributed by atoms with Crippen molar-refractivity contribution in [3.05, 3.63) is 0 Å². The third-order valence-electron chi connectivity index (χ3n) is 13.2. The van der Waals surface area contributed by atoms with E-state index >= 15 is 0 Å². The molecule has 0 radical (unpaired) electrons. The van der Waals surface area contributed by atoms with Gasteiger partial charge in [-0.15, -0.1) is 0 Å². The highest BCUT2D eigenvalue weighted by Gasteiger charge is 2.70. The number of nitrogens with zero attached hydrogens (tertiary/aromatic N) is 2. The highest BCUT2D eigenvalue weighted by molar-refractivity contribution is 7.89. The van der Waals surface area contributed by atoms with E-state index in [1.807, 2.05) is 13.8 Å². The summed E-state index contributed by atoms with van der Waals surface area (Å²) in [6.07, 6.45) is 11.4. The number of rotatable bonds is 14. The van der Waals surface area contributed by atoms with Gasteiger partial charge in [0.2, 0.25) is 27.6 Å². The zero-order valence-electron chi connectivity index (χ0n) is 31.1. The highest BCUT2D eigenvalue weighted by atomic mass is 32.2. The zero-order chi connectivity index (χ0) is 36.8. The second-order valence-electron chi connectivity index (χ2n) is 17.4. The lowest BCUT2D eigenvalue weighted by Crippen LogP contribution is -2.65. The third kappa shape index (κ3) is 7.96. The Morgan fingerprint density at radius 3 is 2.04 bits per heavy atom. The van der Waals surface area contributed by atoms with E-state index in [1.54, 1.807) is 4.90 Å². The highest BCUT2D eigenvalue weighted by Crippen LogP contribution is 2.65. The maximum Gasteiger partial charge on any atom is 0.315 e. The van der Waals surface area contributed by atoms with Crippen LogP contribution in [0.15, 0.2) is 0 Å². The van der Waals surface area contributed by atoms with Crippen molar-refractivity contribution in [3.8, 4) is 0 Å². The molecular formula is C37H60N6O7S. The lowest BCUT2D eigenvalue weighted by molar-refractivity contribution is -0.146. The Balaban J connectivity index is 1.22. The molecule has 6 aliphatic rings. The van der Waals surface area contributed by atoms with Crippen LogP contribution in [-0.2, 0) is 29.2 Å². The monoisotopic (exact) mass is 732 g/mol. The summed E-state index contributed by atoms with van der Waals surface area (Å²) in [6, 6.07) is -3.31. The molecule has 0 aromatic heterocycles. The lowest BCUT2D eigenvalue weighted by Gasteiger charge is -2.44. The van der Waals surface area contributed by atoms with Gasteiger partial charge in [-0.2, -0.15) is 0 Å². The third-order valence-corrected chi connectivity index (χ3v) is 15.2. The molecule has 51 heavy (non-hydrogen) atoms. The Bertz CT molecular complexity index is 1480. The summed E-state index contributed by atoms with van der Waals surface area (Å²) in [5.41, 5.74) is -1.68. The Morgan fingerprint density at radius 2 is 1.47 bits per heavy atom. The molecule has 6 fully saturated rings. The van der Waals surface area contributed by atoms with Crippen LogP contribution < -0.4 is 21.3 Å². The molecule has 4 N–H and O–H groups in total. The molecule has 5 atom stereocenters. The molecule has 2 heterocycles. The van der Waals surface area contributed by atoms with E-state index in [4.69, 9.17) is 0 Å². The van der Waals surface area contributed by atoms with E-state index in [-0.39, 0.29) is 35.0 Å². The number of carbonyl (C=O) groups is 5. The average molecular weight is 733 g/mol. The first kappa shape index (κ1) is 38.0. The molecule has 0 aromatic carbocycles. The summed E-state index contributed by atoms with van der Waals surface area (Å²) in [5.74, 6) is -2.32. The molecule has 4 aliphatic carbocycles.